The van der Waals surface area contributed by atoms with E-state index in [0.717, 1.165) is 65.8 Å². The van der Waals surface area contributed by atoms with Crippen molar-refractivity contribution in [2.45, 2.75) is 38.5 Å². The molecule has 10 heteroatoms. The van der Waals surface area contributed by atoms with Gasteiger partial charge in [0.15, 0.2) is 11.5 Å². The third-order valence-electron chi connectivity index (χ3n) is 7.48. The van der Waals surface area contributed by atoms with Gasteiger partial charge in [0.25, 0.3) is 0 Å². The van der Waals surface area contributed by atoms with Crippen molar-refractivity contribution in [2.24, 2.45) is 5.92 Å². The lowest BCUT2D eigenvalue weighted by atomic mass is 9.85. The van der Waals surface area contributed by atoms with Crippen molar-refractivity contribution in [3.05, 3.63) is 43.0 Å². The minimum absolute atomic E-state index is 0.0639. The maximum Gasteiger partial charge on any atom is 0.227 e. The summed E-state index contributed by atoms with van der Waals surface area (Å²) in [7, 11) is 0. The summed E-state index contributed by atoms with van der Waals surface area (Å²) in [5.41, 5.74) is 7.27. The molecule has 1 aliphatic heterocycles. The summed E-state index contributed by atoms with van der Waals surface area (Å²) >= 11 is 0. The van der Waals surface area contributed by atoms with E-state index in [0.29, 0.717) is 22.7 Å². The molecule has 5 aromatic rings. The van der Waals surface area contributed by atoms with Crippen molar-refractivity contribution in [3.63, 3.8) is 0 Å². The first-order valence-electron chi connectivity index (χ1n) is 12.9. The molecule has 7 rings (SSSR count). The van der Waals surface area contributed by atoms with Crippen LogP contribution in [0.4, 0.5) is 11.4 Å². The Morgan fingerprint density at radius 2 is 1.78 bits per heavy atom. The number of imidazole rings is 1. The van der Waals surface area contributed by atoms with Crippen molar-refractivity contribution in [1.82, 2.24) is 35.1 Å². The van der Waals surface area contributed by atoms with Gasteiger partial charge in [-0.05, 0) is 50.3 Å². The molecule has 0 bridgehead atoms. The molecule has 1 amide bonds. The number of nitrogens with zero attached hydrogens (tertiary/aromatic N) is 6. The molecule has 0 aromatic carbocycles. The van der Waals surface area contributed by atoms with Crippen LogP contribution in [0.3, 0.4) is 0 Å². The van der Waals surface area contributed by atoms with E-state index in [1.165, 1.54) is 19.3 Å². The van der Waals surface area contributed by atoms with E-state index in [2.05, 4.69) is 35.4 Å². The van der Waals surface area contributed by atoms with Crippen molar-refractivity contribution in [2.75, 3.05) is 23.3 Å². The first-order chi connectivity index (χ1) is 18.2. The Balaban J connectivity index is 1.23. The Morgan fingerprint density at radius 1 is 0.919 bits per heavy atom. The van der Waals surface area contributed by atoms with Crippen LogP contribution in [0.25, 0.3) is 44.8 Å². The van der Waals surface area contributed by atoms with Crippen LogP contribution in [0.1, 0.15) is 38.5 Å². The predicted octanol–water partition coefficient (Wildman–Crippen LogP) is 4.69. The fourth-order valence-electron chi connectivity index (χ4n) is 5.19. The summed E-state index contributed by atoms with van der Waals surface area (Å²) in [5.74, 6) is 0.826. The molecule has 37 heavy (non-hydrogen) atoms. The van der Waals surface area contributed by atoms with Crippen molar-refractivity contribution in [1.29, 1.82) is 0 Å². The standard InChI is InChI=1S/C27H27N9O/c37-27(16-5-4-6-16)30-18-11-17(12-28-13-18)19-7-8-20-24(31-19)25(35-34-20)26-32-21-14-29-15-22(23(21)33-26)36-9-2-1-3-10-36/h7-8,11-16H,1-6,9-10H2,(H,30,37)(H,32,33)(H,34,35). The molecule has 186 valence electrons. The zero-order chi connectivity index (χ0) is 24.8. The second-order valence-electron chi connectivity index (χ2n) is 9.93. The van der Waals surface area contributed by atoms with Gasteiger partial charge in [-0.25, -0.2) is 9.97 Å². The Hall–Kier alpha value is -4.34. The lowest BCUT2D eigenvalue weighted by molar-refractivity contribution is -0.122. The number of aromatic nitrogens is 7. The number of aromatic amines is 2. The normalized spacial score (nSPS) is 16.3. The summed E-state index contributed by atoms with van der Waals surface area (Å²) in [4.78, 5) is 36.8. The minimum atomic E-state index is 0.0639. The van der Waals surface area contributed by atoms with Crippen LogP contribution in [0.5, 0.6) is 0 Å². The number of piperidine rings is 1. The second-order valence-corrected chi connectivity index (χ2v) is 9.93. The van der Waals surface area contributed by atoms with Gasteiger partial charge in [0.2, 0.25) is 5.91 Å². The molecule has 0 atom stereocenters. The van der Waals surface area contributed by atoms with Crippen LogP contribution in [-0.2, 0) is 4.79 Å². The average molecular weight is 494 g/mol. The van der Waals surface area contributed by atoms with Gasteiger partial charge in [-0.2, -0.15) is 5.10 Å². The van der Waals surface area contributed by atoms with E-state index in [1.807, 2.05) is 30.6 Å². The molecule has 10 nitrogen and oxygen atoms in total. The van der Waals surface area contributed by atoms with Gasteiger partial charge < -0.3 is 15.2 Å². The summed E-state index contributed by atoms with van der Waals surface area (Å²) < 4.78 is 0. The summed E-state index contributed by atoms with van der Waals surface area (Å²) in [6.45, 7) is 2.04. The lowest BCUT2D eigenvalue weighted by Gasteiger charge is -2.28. The van der Waals surface area contributed by atoms with E-state index < -0.39 is 0 Å². The van der Waals surface area contributed by atoms with Gasteiger partial charge in [-0.1, -0.05) is 6.42 Å². The van der Waals surface area contributed by atoms with E-state index in [4.69, 9.17) is 9.97 Å². The smallest absolute Gasteiger partial charge is 0.227 e. The lowest BCUT2D eigenvalue weighted by Crippen LogP contribution is -2.29. The number of carbonyl (C=O) groups is 1. The number of anilines is 2. The molecular formula is C27H27N9O. The Morgan fingerprint density at radius 3 is 2.62 bits per heavy atom. The van der Waals surface area contributed by atoms with Gasteiger partial charge >= 0.3 is 0 Å². The monoisotopic (exact) mass is 493 g/mol. The molecule has 1 aliphatic carbocycles. The van der Waals surface area contributed by atoms with Crippen LogP contribution in [-0.4, -0.2) is 54.1 Å². The fourth-order valence-corrected chi connectivity index (χ4v) is 5.19. The summed E-state index contributed by atoms with van der Waals surface area (Å²) in [6.07, 6.45) is 13.8. The fraction of sp³-hybridized carbons (Fsp3) is 0.333. The summed E-state index contributed by atoms with van der Waals surface area (Å²) in [5, 5.41) is 10.6. The maximum absolute atomic E-state index is 12.4. The summed E-state index contributed by atoms with van der Waals surface area (Å²) in [6, 6.07) is 5.79. The largest absolute Gasteiger partial charge is 0.368 e. The number of pyridine rings is 3. The van der Waals surface area contributed by atoms with Crippen molar-refractivity contribution in [3.8, 4) is 22.8 Å². The highest BCUT2D eigenvalue weighted by Crippen LogP contribution is 2.32. The van der Waals surface area contributed by atoms with Gasteiger partial charge in [-0.15, -0.1) is 0 Å². The van der Waals surface area contributed by atoms with Crippen LogP contribution in [0.2, 0.25) is 0 Å². The number of fused-ring (bicyclic) bond motifs is 2. The Bertz CT molecular complexity index is 1610. The van der Waals surface area contributed by atoms with Crippen LogP contribution in [0, 0.1) is 5.92 Å². The Labute approximate surface area is 213 Å². The molecule has 1 saturated carbocycles. The first-order valence-corrected chi connectivity index (χ1v) is 12.9. The number of amides is 1. The molecule has 2 fully saturated rings. The van der Waals surface area contributed by atoms with Crippen LogP contribution < -0.4 is 10.2 Å². The third kappa shape index (κ3) is 3.98. The third-order valence-corrected chi connectivity index (χ3v) is 7.48. The quantitative estimate of drug-likeness (QED) is 0.324. The molecule has 6 heterocycles. The Kier molecular flexibility index (Phi) is 5.30. The number of nitrogens with one attached hydrogen (secondary N) is 3. The average Bonchev–Trinajstić information content (AvgIpc) is 3.52. The van der Waals surface area contributed by atoms with Crippen molar-refractivity contribution < 1.29 is 4.79 Å². The molecule has 0 spiro atoms. The SMILES string of the molecule is O=C(Nc1cncc(-c2ccc3[nH]nc(-c4nc5c(N6CCCCC6)cncc5[nH]4)c3n2)c1)C1CCC1. The zero-order valence-electron chi connectivity index (χ0n) is 20.4. The molecule has 5 aromatic heterocycles. The predicted molar refractivity (Wildman–Crippen MR) is 142 cm³/mol. The molecule has 0 radical (unpaired) electrons. The number of hydrogen-bond acceptors (Lipinski definition) is 7. The van der Waals surface area contributed by atoms with Gasteiger partial charge in [0, 0.05) is 30.8 Å². The minimum Gasteiger partial charge on any atom is -0.368 e. The van der Waals surface area contributed by atoms with E-state index in [-0.39, 0.29) is 11.8 Å². The van der Waals surface area contributed by atoms with Gasteiger partial charge in [0.1, 0.15) is 11.0 Å². The number of H-pyrrole nitrogens is 2. The molecule has 2 aliphatic rings. The molecular weight excluding hydrogens is 466 g/mol. The number of rotatable bonds is 5. The topological polar surface area (TPSA) is 128 Å². The highest BCUT2D eigenvalue weighted by molar-refractivity contribution is 5.95. The van der Waals surface area contributed by atoms with Gasteiger partial charge in [-0.3, -0.25) is 19.9 Å². The molecule has 1 saturated heterocycles. The van der Waals surface area contributed by atoms with Gasteiger partial charge in [0.05, 0.1) is 46.7 Å². The molecule has 3 N–H and O–H groups in total. The van der Waals surface area contributed by atoms with E-state index >= 15 is 0 Å². The number of carbonyl (C=O) groups excluding carboxylic acids is 1. The van der Waals surface area contributed by atoms with Crippen LogP contribution >= 0.6 is 0 Å². The van der Waals surface area contributed by atoms with Crippen molar-refractivity contribution >= 4 is 39.3 Å². The van der Waals surface area contributed by atoms with E-state index in [9.17, 15) is 4.79 Å². The molecule has 0 unspecified atom stereocenters. The number of hydrogen-bond donors (Lipinski definition) is 3. The maximum atomic E-state index is 12.4. The van der Waals surface area contributed by atoms with E-state index in [1.54, 1.807) is 12.4 Å². The highest BCUT2D eigenvalue weighted by Gasteiger charge is 2.25. The highest BCUT2D eigenvalue weighted by atomic mass is 16.1. The zero-order valence-corrected chi connectivity index (χ0v) is 20.4. The van der Waals surface area contributed by atoms with Crippen LogP contribution in [0.15, 0.2) is 43.0 Å². The second kappa shape index (κ2) is 8.95. The first kappa shape index (κ1) is 21.9.